The van der Waals surface area contributed by atoms with E-state index < -0.39 is 0 Å². The first-order valence-electron chi connectivity index (χ1n) is 4.58. The van der Waals surface area contributed by atoms with Gasteiger partial charge in [-0.05, 0) is 26.2 Å². The minimum atomic E-state index is -0.0666. The zero-order valence-corrected chi connectivity index (χ0v) is 8.59. The molecule has 0 aromatic rings. The molecule has 0 unspecified atom stereocenters. The Kier molecular flexibility index (Phi) is 5.14. The van der Waals surface area contributed by atoms with Gasteiger partial charge < -0.3 is 9.53 Å². The summed E-state index contributed by atoms with van der Waals surface area (Å²) in [6, 6.07) is 0. The molecule has 2 heteroatoms. The average Bonchev–Trinajstić information content (AvgIpc) is 1.98. The van der Waals surface area contributed by atoms with E-state index in [1.165, 1.54) is 0 Å². The Balaban J connectivity index is 3.54. The molecule has 0 rings (SSSR count). The smallest absolute Gasteiger partial charge is 0.120 e. The monoisotopic (exact) mass is 172 g/mol. The molecular formula is C10H20O2. The summed E-state index contributed by atoms with van der Waals surface area (Å²) >= 11 is 0. The van der Waals surface area contributed by atoms with Crippen LogP contribution in [0.3, 0.4) is 0 Å². The lowest BCUT2D eigenvalue weighted by molar-refractivity contribution is -0.108. The molecule has 72 valence electrons. The largest absolute Gasteiger partial charge is 0.375 e. The SMILES string of the molecule is CC(C)C(C)(C)OCCCC=O. The second kappa shape index (κ2) is 5.31. The van der Waals surface area contributed by atoms with Gasteiger partial charge in [-0.15, -0.1) is 0 Å². The van der Waals surface area contributed by atoms with Gasteiger partial charge in [0.25, 0.3) is 0 Å². The van der Waals surface area contributed by atoms with E-state index in [1.54, 1.807) is 0 Å². The van der Waals surface area contributed by atoms with Crippen molar-refractivity contribution in [1.82, 2.24) is 0 Å². The van der Waals surface area contributed by atoms with E-state index >= 15 is 0 Å². The Morgan fingerprint density at radius 2 is 2.00 bits per heavy atom. The Labute approximate surface area is 75.3 Å². The third kappa shape index (κ3) is 4.50. The number of carbonyl (C=O) groups is 1. The topological polar surface area (TPSA) is 26.3 Å². The standard InChI is InChI=1S/C10H20O2/c1-9(2)10(3,4)12-8-6-5-7-11/h7,9H,5-6,8H2,1-4H3. The predicted octanol–water partition coefficient (Wildman–Crippen LogP) is 2.42. The normalized spacial score (nSPS) is 12.1. The van der Waals surface area contributed by atoms with Gasteiger partial charge in [0.1, 0.15) is 6.29 Å². The van der Waals surface area contributed by atoms with Crippen LogP contribution >= 0.6 is 0 Å². The molecule has 2 nitrogen and oxygen atoms in total. The van der Waals surface area contributed by atoms with Crippen LogP contribution in [0.5, 0.6) is 0 Å². The molecule has 0 aliphatic rings. The zero-order chi connectivity index (χ0) is 9.61. The average molecular weight is 172 g/mol. The van der Waals surface area contributed by atoms with Crippen LogP contribution in [0.15, 0.2) is 0 Å². The molecule has 0 atom stereocenters. The highest BCUT2D eigenvalue weighted by molar-refractivity contribution is 5.48. The van der Waals surface area contributed by atoms with Gasteiger partial charge >= 0.3 is 0 Å². The summed E-state index contributed by atoms with van der Waals surface area (Å²) in [7, 11) is 0. The fourth-order valence-electron chi connectivity index (χ4n) is 0.669. The van der Waals surface area contributed by atoms with E-state index in [0.29, 0.717) is 18.9 Å². The Bertz CT molecular complexity index is 128. The van der Waals surface area contributed by atoms with Gasteiger partial charge in [0.15, 0.2) is 0 Å². The molecule has 12 heavy (non-hydrogen) atoms. The minimum absolute atomic E-state index is 0.0666. The van der Waals surface area contributed by atoms with Crippen molar-refractivity contribution in [2.45, 2.75) is 46.1 Å². The number of unbranched alkanes of at least 4 members (excludes halogenated alkanes) is 1. The Morgan fingerprint density at radius 1 is 1.42 bits per heavy atom. The van der Waals surface area contributed by atoms with Crippen molar-refractivity contribution in [3.8, 4) is 0 Å². The van der Waals surface area contributed by atoms with E-state index in [2.05, 4.69) is 27.7 Å². The molecule has 0 saturated carbocycles. The lowest BCUT2D eigenvalue weighted by Gasteiger charge is -2.29. The first-order valence-corrected chi connectivity index (χ1v) is 4.58. The van der Waals surface area contributed by atoms with Gasteiger partial charge in [0.05, 0.1) is 5.60 Å². The highest BCUT2D eigenvalue weighted by Crippen LogP contribution is 2.20. The second-order valence-electron chi connectivity index (χ2n) is 3.92. The minimum Gasteiger partial charge on any atom is -0.375 e. The van der Waals surface area contributed by atoms with E-state index in [0.717, 1.165) is 12.7 Å². The van der Waals surface area contributed by atoms with E-state index in [-0.39, 0.29) is 5.60 Å². The third-order valence-corrected chi connectivity index (χ3v) is 2.33. The van der Waals surface area contributed by atoms with Gasteiger partial charge in [-0.1, -0.05) is 13.8 Å². The van der Waals surface area contributed by atoms with Gasteiger partial charge in [-0.25, -0.2) is 0 Å². The number of aldehydes is 1. The maximum absolute atomic E-state index is 10.0. The van der Waals surface area contributed by atoms with Crippen molar-refractivity contribution in [2.75, 3.05) is 6.61 Å². The molecule has 0 aliphatic carbocycles. The van der Waals surface area contributed by atoms with Crippen LogP contribution in [0.25, 0.3) is 0 Å². The highest BCUT2D eigenvalue weighted by atomic mass is 16.5. The maximum atomic E-state index is 10.0. The van der Waals surface area contributed by atoms with Gasteiger partial charge in [-0.2, -0.15) is 0 Å². The van der Waals surface area contributed by atoms with Crippen LogP contribution in [0.1, 0.15) is 40.5 Å². The first kappa shape index (κ1) is 11.6. The summed E-state index contributed by atoms with van der Waals surface area (Å²) < 4.78 is 5.63. The molecular weight excluding hydrogens is 152 g/mol. The van der Waals surface area contributed by atoms with Crippen molar-refractivity contribution in [2.24, 2.45) is 5.92 Å². The van der Waals surface area contributed by atoms with Crippen molar-refractivity contribution in [1.29, 1.82) is 0 Å². The summed E-state index contributed by atoms with van der Waals surface area (Å²) in [5.74, 6) is 0.508. The van der Waals surface area contributed by atoms with Crippen LogP contribution in [-0.2, 0) is 9.53 Å². The van der Waals surface area contributed by atoms with E-state index in [1.807, 2.05) is 0 Å². The van der Waals surface area contributed by atoms with Gasteiger partial charge in [0, 0.05) is 13.0 Å². The summed E-state index contributed by atoms with van der Waals surface area (Å²) in [5.41, 5.74) is -0.0666. The van der Waals surface area contributed by atoms with Crippen molar-refractivity contribution in [3.63, 3.8) is 0 Å². The molecule has 0 heterocycles. The molecule has 0 saturated heterocycles. The number of hydrogen-bond acceptors (Lipinski definition) is 2. The van der Waals surface area contributed by atoms with E-state index in [4.69, 9.17) is 4.74 Å². The van der Waals surface area contributed by atoms with Crippen LogP contribution in [0.4, 0.5) is 0 Å². The van der Waals surface area contributed by atoms with Crippen LogP contribution in [-0.4, -0.2) is 18.5 Å². The molecule has 0 bridgehead atoms. The highest BCUT2D eigenvalue weighted by Gasteiger charge is 2.22. The molecule has 0 amide bonds. The summed E-state index contributed by atoms with van der Waals surface area (Å²) in [6.07, 6.45) is 2.37. The fourth-order valence-corrected chi connectivity index (χ4v) is 0.669. The molecule has 0 N–H and O–H groups in total. The Morgan fingerprint density at radius 3 is 2.42 bits per heavy atom. The van der Waals surface area contributed by atoms with Crippen LogP contribution < -0.4 is 0 Å². The molecule has 0 aromatic heterocycles. The van der Waals surface area contributed by atoms with Gasteiger partial charge in [0.2, 0.25) is 0 Å². The maximum Gasteiger partial charge on any atom is 0.120 e. The zero-order valence-electron chi connectivity index (χ0n) is 8.59. The van der Waals surface area contributed by atoms with Gasteiger partial charge in [-0.3, -0.25) is 0 Å². The fraction of sp³-hybridized carbons (Fsp3) is 0.900. The number of carbonyl (C=O) groups excluding carboxylic acids is 1. The quantitative estimate of drug-likeness (QED) is 0.454. The number of ether oxygens (including phenoxy) is 1. The molecule has 0 aliphatic heterocycles. The lowest BCUT2D eigenvalue weighted by Crippen LogP contribution is -2.31. The van der Waals surface area contributed by atoms with Crippen molar-refractivity contribution >= 4 is 6.29 Å². The molecule has 0 spiro atoms. The summed E-state index contributed by atoms with van der Waals surface area (Å²) in [4.78, 5) is 10.0. The second-order valence-corrected chi connectivity index (χ2v) is 3.92. The van der Waals surface area contributed by atoms with Crippen molar-refractivity contribution in [3.05, 3.63) is 0 Å². The van der Waals surface area contributed by atoms with Crippen molar-refractivity contribution < 1.29 is 9.53 Å². The van der Waals surface area contributed by atoms with E-state index in [9.17, 15) is 4.79 Å². The Hall–Kier alpha value is -0.370. The number of hydrogen-bond donors (Lipinski definition) is 0. The van der Waals surface area contributed by atoms with Crippen LogP contribution in [0, 0.1) is 5.92 Å². The third-order valence-electron chi connectivity index (χ3n) is 2.33. The van der Waals surface area contributed by atoms with Crippen LogP contribution in [0.2, 0.25) is 0 Å². The molecule has 0 radical (unpaired) electrons. The predicted molar refractivity (Wildman–Crippen MR) is 50.2 cm³/mol. The summed E-state index contributed by atoms with van der Waals surface area (Å²) in [5, 5.41) is 0. The first-order chi connectivity index (χ1) is 5.50. The number of rotatable bonds is 6. The molecule has 0 fully saturated rings. The summed E-state index contributed by atoms with van der Waals surface area (Å²) in [6.45, 7) is 9.13. The molecule has 0 aromatic carbocycles. The lowest BCUT2D eigenvalue weighted by atomic mass is 9.95.